The van der Waals surface area contributed by atoms with Gasteiger partial charge in [-0.25, -0.2) is 0 Å². The molecule has 2 N–H and O–H groups in total. The fourth-order valence-corrected chi connectivity index (χ4v) is 3.82. The number of nitrogens with zero attached hydrogens (tertiary/aromatic N) is 1. The molecule has 1 aromatic heterocycles. The van der Waals surface area contributed by atoms with Crippen molar-refractivity contribution in [2.24, 2.45) is 24.8 Å². The molecule has 1 aromatic rings. The first-order chi connectivity index (χ1) is 9.60. The van der Waals surface area contributed by atoms with Crippen molar-refractivity contribution in [2.75, 3.05) is 6.61 Å². The standard InChI is InChI=1S/C15H20N2O3/c1-17-5-4-11(7-13(17)19)15(20)16-14-10-3-2-9(6-10)12(14)8-18/h4-5,7,9-10,12,14,18H,2-3,6,8H2,1H3,(H,16,20). The van der Waals surface area contributed by atoms with E-state index in [1.165, 1.54) is 10.6 Å². The molecule has 1 heterocycles. The lowest BCUT2D eigenvalue weighted by molar-refractivity contribution is 0.0861. The summed E-state index contributed by atoms with van der Waals surface area (Å²) < 4.78 is 1.44. The van der Waals surface area contributed by atoms with Crippen molar-refractivity contribution < 1.29 is 9.90 Å². The predicted molar refractivity (Wildman–Crippen MR) is 74.3 cm³/mol. The lowest BCUT2D eigenvalue weighted by Gasteiger charge is -2.30. The zero-order chi connectivity index (χ0) is 14.3. The third-order valence-corrected chi connectivity index (χ3v) is 4.96. The highest BCUT2D eigenvalue weighted by molar-refractivity contribution is 5.94. The highest BCUT2D eigenvalue weighted by atomic mass is 16.3. The topological polar surface area (TPSA) is 71.3 Å². The van der Waals surface area contributed by atoms with Gasteiger partial charge in [-0.05, 0) is 37.2 Å². The molecule has 2 aliphatic carbocycles. The van der Waals surface area contributed by atoms with Crippen molar-refractivity contribution in [1.82, 2.24) is 9.88 Å². The van der Waals surface area contributed by atoms with Crippen LogP contribution in [0, 0.1) is 17.8 Å². The Labute approximate surface area is 117 Å². The number of amides is 1. The van der Waals surface area contributed by atoms with Gasteiger partial charge < -0.3 is 15.0 Å². The Kier molecular flexibility index (Phi) is 3.38. The average Bonchev–Trinajstić information content (AvgIpc) is 3.02. The molecule has 2 bridgehead atoms. The molecule has 2 aliphatic rings. The van der Waals surface area contributed by atoms with Crippen LogP contribution in [0.4, 0.5) is 0 Å². The molecule has 108 valence electrons. The van der Waals surface area contributed by atoms with E-state index in [0.29, 0.717) is 17.4 Å². The average molecular weight is 276 g/mol. The third kappa shape index (κ3) is 2.16. The van der Waals surface area contributed by atoms with Crippen molar-refractivity contribution in [3.63, 3.8) is 0 Å². The smallest absolute Gasteiger partial charge is 0.251 e. The molecule has 1 amide bonds. The maximum absolute atomic E-state index is 12.3. The minimum absolute atomic E-state index is 0.0512. The van der Waals surface area contributed by atoms with E-state index >= 15 is 0 Å². The van der Waals surface area contributed by atoms with Crippen LogP contribution >= 0.6 is 0 Å². The SMILES string of the molecule is Cn1ccc(C(=O)NC2C3CCC(C3)C2CO)cc1=O. The molecule has 0 aromatic carbocycles. The van der Waals surface area contributed by atoms with Crippen LogP contribution in [-0.4, -0.2) is 28.2 Å². The molecule has 3 rings (SSSR count). The summed E-state index contributed by atoms with van der Waals surface area (Å²) in [5.74, 6) is 0.981. The van der Waals surface area contributed by atoms with Gasteiger partial charge in [-0.15, -0.1) is 0 Å². The van der Waals surface area contributed by atoms with Gasteiger partial charge in [0.15, 0.2) is 0 Å². The number of carbonyl (C=O) groups is 1. The number of aliphatic hydroxyl groups excluding tert-OH is 1. The van der Waals surface area contributed by atoms with Gasteiger partial charge in [-0.1, -0.05) is 0 Å². The Morgan fingerprint density at radius 3 is 2.90 bits per heavy atom. The molecule has 4 unspecified atom stereocenters. The fourth-order valence-electron chi connectivity index (χ4n) is 3.82. The lowest BCUT2D eigenvalue weighted by Crippen LogP contribution is -2.45. The molecule has 0 spiro atoms. The monoisotopic (exact) mass is 276 g/mol. The zero-order valence-corrected chi connectivity index (χ0v) is 11.6. The molecule has 2 saturated carbocycles. The molecule has 20 heavy (non-hydrogen) atoms. The van der Waals surface area contributed by atoms with Crippen LogP contribution in [0.5, 0.6) is 0 Å². The maximum Gasteiger partial charge on any atom is 0.251 e. The Bertz CT molecular complexity index is 581. The molecule has 4 atom stereocenters. The van der Waals surface area contributed by atoms with E-state index in [9.17, 15) is 14.7 Å². The molecular weight excluding hydrogens is 256 g/mol. The Morgan fingerprint density at radius 1 is 1.45 bits per heavy atom. The van der Waals surface area contributed by atoms with Gasteiger partial charge in [0.2, 0.25) is 0 Å². The summed E-state index contributed by atoms with van der Waals surface area (Å²) in [6.07, 6.45) is 4.99. The van der Waals surface area contributed by atoms with E-state index in [0.717, 1.165) is 19.3 Å². The lowest BCUT2D eigenvalue weighted by atomic mass is 9.85. The maximum atomic E-state index is 12.3. The number of aromatic nitrogens is 1. The number of hydrogen-bond donors (Lipinski definition) is 2. The molecular formula is C15H20N2O3. The second-order valence-electron chi connectivity index (χ2n) is 6.04. The van der Waals surface area contributed by atoms with Crippen molar-refractivity contribution in [2.45, 2.75) is 25.3 Å². The largest absolute Gasteiger partial charge is 0.396 e. The van der Waals surface area contributed by atoms with E-state index in [1.54, 1.807) is 19.3 Å². The molecule has 5 heteroatoms. The summed E-state index contributed by atoms with van der Waals surface area (Å²) in [7, 11) is 1.65. The van der Waals surface area contributed by atoms with E-state index in [2.05, 4.69) is 5.32 Å². The van der Waals surface area contributed by atoms with Gasteiger partial charge in [0.25, 0.3) is 11.5 Å². The van der Waals surface area contributed by atoms with Crippen molar-refractivity contribution >= 4 is 5.91 Å². The fraction of sp³-hybridized carbons (Fsp3) is 0.600. The molecule has 0 aliphatic heterocycles. The number of rotatable bonds is 3. The number of carbonyl (C=O) groups excluding carboxylic acids is 1. The first kappa shape index (κ1) is 13.4. The van der Waals surface area contributed by atoms with E-state index in [4.69, 9.17) is 0 Å². The number of hydrogen-bond acceptors (Lipinski definition) is 3. The second-order valence-corrected chi connectivity index (χ2v) is 6.04. The van der Waals surface area contributed by atoms with Crippen molar-refractivity contribution in [3.05, 3.63) is 34.2 Å². The summed E-state index contributed by atoms with van der Waals surface area (Å²) in [5.41, 5.74) is 0.205. The molecule has 5 nitrogen and oxygen atoms in total. The first-order valence-corrected chi connectivity index (χ1v) is 7.18. The number of aryl methyl sites for hydroxylation is 1. The van der Waals surface area contributed by atoms with Gasteiger partial charge in [0.1, 0.15) is 0 Å². The van der Waals surface area contributed by atoms with Crippen LogP contribution < -0.4 is 10.9 Å². The Morgan fingerprint density at radius 2 is 2.20 bits per heavy atom. The summed E-state index contributed by atoms with van der Waals surface area (Å²) in [6, 6.07) is 3.06. The minimum Gasteiger partial charge on any atom is -0.396 e. The zero-order valence-electron chi connectivity index (χ0n) is 11.6. The van der Waals surface area contributed by atoms with Crippen LogP contribution in [0.15, 0.2) is 23.1 Å². The van der Waals surface area contributed by atoms with Gasteiger partial charge in [0.05, 0.1) is 0 Å². The van der Waals surface area contributed by atoms with Crippen LogP contribution in [0.25, 0.3) is 0 Å². The van der Waals surface area contributed by atoms with Crippen LogP contribution in [0.1, 0.15) is 29.6 Å². The number of pyridine rings is 1. The van der Waals surface area contributed by atoms with E-state index in [-0.39, 0.29) is 30.0 Å². The highest BCUT2D eigenvalue weighted by Crippen LogP contribution is 2.48. The van der Waals surface area contributed by atoms with Gasteiger partial charge >= 0.3 is 0 Å². The molecule has 0 saturated heterocycles. The van der Waals surface area contributed by atoms with E-state index in [1.807, 2.05) is 0 Å². The van der Waals surface area contributed by atoms with Crippen LogP contribution in [0.2, 0.25) is 0 Å². The summed E-state index contributed by atoms with van der Waals surface area (Å²) in [5, 5.41) is 12.5. The number of fused-ring (bicyclic) bond motifs is 2. The predicted octanol–water partition coefficient (Wildman–Crippen LogP) is 0.522. The van der Waals surface area contributed by atoms with Crippen molar-refractivity contribution in [3.8, 4) is 0 Å². The first-order valence-electron chi connectivity index (χ1n) is 7.18. The summed E-state index contributed by atoms with van der Waals surface area (Å²) in [4.78, 5) is 23.8. The van der Waals surface area contributed by atoms with Crippen LogP contribution in [-0.2, 0) is 7.05 Å². The van der Waals surface area contributed by atoms with Crippen molar-refractivity contribution in [1.29, 1.82) is 0 Å². The normalized spacial score (nSPS) is 31.5. The molecule has 2 fully saturated rings. The van der Waals surface area contributed by atoms with Gasteiger partial charge in [-0.3, -0.25) is 9.59 Å². The highest BCUT2D eigenvalue weighted by Gasteiger charge is 2.47. The Hall–Kier alpha value is -1.62. The summed E-state index contributed by atoms with van der Waals surface area (Å²) in [6.45, 7) is 0.128. The van der Waals surface area contributed by atoms with E-state index < -0.39 is 0 Å². The number of aliphatic hydroxyl groups is 1. The third-order valence-electron chi connectivity index (χ3n) is 4.96. The second kappa shape index (κ2) is 5.05. The number of nitrogens with one attached hydrogen (secondary N) is 1. The van der Waals surface area contributed by atoms with Crippen LogP contribution in [0.3, 0.4) is 0 Å². The summed E-state index contributed by atoms with van der Waals surface area (Å²) >= 11 is 0. The minimum atomic E-state index is -0.210. The van der Waals surface area contributed by atoms with Gasteiger partial charge in [-0.2, -0.15) is 0 Å². The molecule has 0 radical (unpaired) electrons. The Balaban J connectivity index is 1.75. The van der Waals surface area contributed by atoms with Gasteiger partial charge in [0, 0.05) is 43.4 Å². The quantitative estimate of drug-likeness (QED) is 0.845.